The van der Waals surface area contributed by atoms with Gasteiger partial charge in [-0.3, -0.25) is 9.59 Å². The average Bonchev–Trinajstić information content (AvgIpc) is 1.75. The summed E-state index contributed by atoms with van der Waals surface area (Å²) in [4.78, 5) is 29.2. The van der Waals surface area contributed by atoms with Gasteiger partial charge in [0.15, 0.2) is 12.1 Å². The largest absolute Gasteiger partial charge is 0.462 e. The van der Waals surface area contributed by atoms with E-state index in [9.17, 15) is 81.1 Å². The Bertz CT molecular complexity index is 2190. The van der Waals surface area contributed by atoms with Gasteiger partial charge in [-0.15, -0.1) is 0 Å². The van der Waals surface area contributed by atoms with Gasteiger partial charge in [0.25, 0.3) is 0 Å². The van der Waals surface area contributed by atoms with E-state index in [0.717, 1.165) is 32.4 Å². The Hall–Kier alpha value is -3.68. The lowest BCUT2D eigenvalue weighted by atomic mass is 9.82. The first kappa shape index (κ1) is 71.1. The molecule has 0 aliphatic carbocycles. The van der Waals surface area contributed by atoms with Crippen molar-refractivity contribution in [1.29, 1.82) is 0 Å². The number of aliphatic hydroxyl groups excluding tert-OH is 12. The molecule has 23 atom stereocenters. The molecule has 5 aliphatic heterocycles. The van der Waals surface area contributed by atoms with Crippen LogP contribution in [-0.4, -0.2) is 249 Å². The molecule has 5 heterocycles. The number of nitrogens with one attached hydrogen (secondary N) is 2. The maximum atomic E-state index is 14.2. The topological polar surface area (TPSA) is 391 Å². The van der Waals surface area contributed by atoms with Crippen LogP contribution in [0.15, 0.2) is 85.1 Å². The fourth-order valence-electron chi connectivity index (χ4n) is 11.1. The third-order valence-electron chi connectivity index (χ3n) is 16.4. The molecule has 0 saturated carbocycles. The van der Waals surface area contributed by atoms with Gasteiger partial charge in [0, 0.05) is 50.6 Å². The minimum absolute atomic E-state index is 0.126. The van der Waals surface area contributed by atoms with Crippen LogP contribution < -0.4 is 10.6 Å². The summed E-state index contributed by atoms with van der Waals surface area (Å²) in [5.74, 6) is -8.30. The average molecular weight is 1200 g/mol. The van der Waals surface area contributed by atoms with E-state index < -0.39 is 184 Å². The van der Waals surface area contributed by atoms with Gasteiger partial charge < -0.3 is 111 Å². The van der Waals surface area contributed by atoms with Gasteiger partial charge in [0.05, 0.1) is 98.7 Å². The number of ether oxygens (including phenoxy) is 5. The van der Waals surface area contributed by atoms with Crippen LogP contribution in [0.25, 0.3) is 0 Å². The van der Waals surface area contributed by atoms with Gasteiger partial charge in [-0.05, 0) is 59.0 Å². The molecule has 2 bridgehead atoms. The molecule has 5 aliphatic rings. The summed E-state index contributed by atoms with van der Waals surface area (Å²) in [5.41, 5.74) is 0. The molecule has 5 rings (SSSR count). The molecule has 16 N–H and O–H groups in total. The molecular weight excluding hydrogens is 1100 g/mol. The Balaban J connectivity index is 1.42. The quantitative estimate of drug-likeness (QED) is 0.119. The van der Waals surface area contributed by atoms with Crippen molar-refractivity contribution < 1.29 is 105 Å². The molecule has 84 heavy (non-hydrogen) atoms. The minimum atomic E-state index is -2.46. The minimum Gasteiger partial charge on any atom is -0.462 e. The molecule has 1 amide bonds. The maximum absolute atomic E-state index is 14.2. The molecule has 4 fully saturated rings. The van der Waals surface area contributed by atoms with E-state index in [1.807, 2.05) is 13.0 Å². The van der Waals surface area contributed by atoms with Crippen molar-refractivity contribution in [2.45, 2.75) is 220 Å². The zero-order chi connectivity index (χ0) is 61.7. The number of nitrogens with zero attached hydrogens (tertiary/aromatic N) is 1. The second-order valence-electron chi connectivity index (χ2n) is 23.4. The Labute approximate surface area is 492 Å². The van der Waals surface area contributed by atoms with Gasteiger partial charge in [-0.2, -0.15) is 0 Å². The van der Waals surface area contributed by atoms with Crippen molar-refractivity contribution in [1.82, 2.24) is 15.5 Å². The fraction of sp³-hybridized carbons (Fsp3) is 0.733. The summed E-state index contributed by atoms with van der Waals surface area (Å²) in [6.07, 6.45) is 0.371. The van der Waals surface area contributed by atoms with Crippen LogP contribution in [0.1, 0.15) is 98.3 Å². The first-order chi connectivity index (χ1) is 39.8. The molecule has 0 spiro atoms. The molecule has 4 saturated heterocycles. The van der Waals surface area contributed by atoms with E-state index >= 15 is 0 Å². The van der Waals surface area contributed by atoms with E-state index in [2.05, 4.69) is 15.5 Å². The highest BCUT2D eigenvalue weighted by atomic mass is 16.7. The molecule has 24 nitrogen and oxygen atoms in total. The van der Waals surface area contributed by atoms with Crippen LogP contribution in [0.2, 0.25) is 0 Å². The van der Waals surface area contributed by atoms with Gasteiger partial charge in [0.2, 0.25) is 11.7 Å². The number of fused-ring (bicyclic) bond motifs is 2. The summed E-state index contributed by atoms with van der Waals surface area (Å²) >= 11 is 0. The lowest BCUT2D eigenvalue weighted by Crippen LogP contribution is -2.69. The fourth-order valence-corrected chi connectivity index (χ4v) is 11.1. The smallest absolute Gasteiger partial charge is 0.308 e. The highest BCUT2D eigenvalue weighted by Crippen LogP contribution is 2.39. The second-order valence-corrected chi connectivity index (χ2v) is 23.4. The van der Waals surface area contributed by atoms with E-state index in [0.29, 0.717) is 6.54 Å². The monoisotopic (exact) mass is 1200 g/mol. The predicted molar refractivity (Wildman–Crippen MR) is 305 cm³/mol. The lowest BCUT2D eigenvalue weighted by Gasteiger charge is -2.47. The van der Waals surface area contributed by atoms with Crippen LogP contribution in [0, 0.1) is 17.8 Å². The first-order valence-electron chi connectivity index (χ1n) is 29.7. The van der Waals surface area contributed by atoms with Gasteiger partial charge >= 0.3 is 5.97 Å². The molecular formula is C60H97N3O21. The molecule has 24 heteroatoms. The normalized spacial score (nSPS) is 44.7. The summed E-state index contributed by atoms with van der Waals surface area (Å²) in [6.45, 7) is 7.98. The maximum Gasteiger partial charge on any atom is 0.308 e. The SMILES string of the molecule is CC1[C@H](C)OC(=O)C[C@H](O)C[C@H](O)CC[C@H](O)[C@H](O)C[C@H](O)C[C@]2(O)C[C@H](O)C(C(=O)NCCN3CCCCC3)C(C[C@@H](O[C@@H]3O[C@H](C)[C@@H](O)[C@H](NC[C@@]4(O)OC[C@@H](O)[C@H](O)[C@@H]4O)[C@@H]3O)/C=C/C=C/C=C/C=C/C=C/C=C/C=C\[C@H](C)[C@H]1O)O2. The van der Waals surface area contributed by atoms with Crippen molar-refractivity contribution in [3.63, 3.8) is 0 Å². The number of carbonyl (C=O) groups excluding carboxylic acids is 2. The number of aliphatic hydroxyl groups is 14. The highest BCUT2D eigenvalue weighted by molar-refractivity contribution is 5.80. The van der Waals surface area contributed by atoms with E-state index in [1.165, 1.54) is 6.92 Å². The van der Waals surface area contributed by atoms with Crippen LogP contribution in [0.3, 0.4) is 0 Å². The molecule has 0 radical (unpaired) electrons. The number of allylic oxidation sites excluding steroid dienone is 12. The molecule has 0 aromatic heterocycles. The summed E-state index contributed by atoms with van der Waals surface area (Å²) in [5, 5.41) is 160. The number of piperidine rings is 1. The number of esters is 1. The molecule has 3 unspecified atom stereocenters. The molecule has 0 aromatic carbocycles. The van der Waals surface area contributed by atoms with E-state index in [-0.39, 0.29) is 38.1 Å². The number of cyclic esters (lactones) is 1. The predicted octanol–water partition coefficient (Wildman–Crippen LogP) is -1.34. The van der Waals surface area contributed by atoms with E-state index in [1.54, 1.807) is 92.8 Å². The van der Waals surface area contributed by atoms with Crippen LogP contribution in [0.5, 0.6) is 0 Å². The molecule has 478 valence electrons. The second kappa shape index (κ2) is 34.8. The third-order valence-corrected chi connectivity index (χ3v) is 16.4. The van der Waals surface area contributed by atoms with Crippen LogP contribution in [-0.2, 0) is 33.3 Å². The lowest BCUT2D eigenvalue weighted by molar-refractivity contribution is -0.323. The van der Waals surface area contributed by atoms with Crippen molar-refractivity contribution in [3.8, 4) is 0 Å². The highest BCUT2D eigenvalue weighted by Gasteiger charge is 2.53. The van der Waals surface area contributed by atoms with Crippen molar-refractivity contribution in [3.05, 3.63) is 85.1 Å². The van der Waals surface area contributed by atoms with E-state index in [4.69, 9.17) is 23.7 Å². The Morgan fingerprint density at radius 1 is 0.655 bits per heavy atom. The van der Waals surface area contributed by atoms with Gasteiger partial charge in [-0.25, -0.2) is 0 Å². The van der Waals surface area contributed by atoms with Crippen molar-refractivity contribution >= 4 is 11.9 Å². The van der Waals surface area contributed by atoms with Crippen molar-refractivity contribution in [2.75, 3.05) is 39.3 Å². The Morgan fingerprint density at radius 2 is 1.27 bits per heavy atom. The Kier molecular flexibility index (Phi) is 29.4. The zero-order valence-electron chi connectivity index (χ0n) is 48.8. The Morgan fingerprint density at radius 3 is 1.92 bits per heavy atom. The number of likely N-dealkylation sites (tertiary alicyclic amines) is 1. The number of amides is 1. The zero-order valence-corrected chi connectivity index (χ0v) is 48.8. The van der Waals surface area contributed by atoms with Crippen LogP contribution >= 0.6 is 0 Å². The third kappa shape index (κ3) is 22.2. The number of rotatable bonds is 9. The van der Waals surface area contributed by atoms with Crippen molar-refractivity contribution in [2.24, 2.45) is 17.8 Å². The van der Waals surface area contributed by atoms with Gasteiger partial charge in [-0.1, -0.05) is 105 Å². The number of hydrogen-bond acceptors (Lipinski definition) is 23. The summed E-state index contributed by atoms with van der Waals surface area (Å²) in [7, 11) is 0. The number of hydrogen-bond donors (Lipinski definition) is 16. The summed E-state index contributed by atoms with van der Waals surface area (Å²) < 4.78 is 29.5. The summed E-state index contributed by atoms with van der Waals surface area (Å²) in [6, 6.07) is -1.34. The van der Waals surface area contributed by atoms with Gasteiger partial charge in [0.1, 0.15) is 30.5 Å². The standard InChI is InChI=1S/C60H97N3O21/c1-36-20-16-13-11-9-7-5-6-8-10-12-14-17-21-43(83-58-55(75)51(53(73)39(4)82-58)62-35-60(79)56(76)54(74)47(70)34-80-60)31-48-50(57(77)61-24-27-63-25-18-15-19-26-63)46(69)33-59(78,84-48)32-42(66)29-45(68)44(67)23-22-40(64)28-41(65)30-49(71)81-38(3)37(2)52(36)72/h5-14,16-17,20-21,36-48,50-56,58,62,64-70,72-76,78-79H,15,18-19,22-35H2,1-4H3,(H,61,77)/b6-5+,9-7+,10-8+,13-11+,14-12+,20-16-,21-17+/t36-,37?,38-,39+,40+,41+,42-,43-,44-,45+,46-,47+,48?,50?,51-,52+,53+,54-,55-,56-,58-,59+,60+/m0/s1. The molecule has 0 aromatic rings. The number of carbonyl (C=O) groups is 2. The van der Waals surface area contributed by atoms with Crippen LogP contribution in [0.4, 0.5) is 0 Å². The first-order valence-corrected chi connectivity index (χ1v) is 29.7.